The number of aryl methyl sites for hydroxylation is 1. The van der Waals surface area contributed by atoms with Crippen LogP contribution in [0.1, 0.15) is 34.9 Å². The molecule has 2 atom stereocenters. The van der Waals surface area contributed by atoms with Crippen LogP contribution in [0.3, 0.4) is 0 Å². The molecule has 328 valence electrons. The second kappa shape index (κ2) is 21.0. The van der Waals surface area contributed by atoms with Crippen LogP contribution in [0.2, 0.25) is 0 Å². The van der Waals surface area contributed by atoms with Gasteiger partial charge in [0.05, 0.1) is 7.11 Å². The number of hydrogen-bond donors (Lipinski definition) is 2. The number of thiazole rings is 1. The van der Waals surface area contributed by atoms with E-state index in [1.807, 2.05) is 90.6 Å². The number of nitrogens with one attached hydrogen (secondary N) is 2. The van der Waals surface area contributed by atoms with Crippen molar-refractivity contribution in [1.29, 1.82) is 0 Å². The molecule has 6 aromatic rings. The first-order valence-electron chi connectivity index (χ1n) is 20.2. The Hall–Kier alpha value is -6.24. The summed E-state index contributed by atoms with van der Waals surface area (Å²) in [6, 6.07) is 40.2. The summed E-state index contributed by atoms with van der Waals surface area (Å²) in [6.45, 7) is 2.80. The quantitative estimate of drug-likeness (QED) is 0.0264. The molecule has 2 aromatic heterocycles. The van der Waals surface area contributed by atoms with Crippen LogP contribution in [0.25, 0.3) is 0 Å². The highest BCUT2D eigenvalue weighted by molar-refractivity contribution is 8.00. The first-order chi connectivity index (χ1) is 30.8. The summed E-state index contributed by atoms with van der Waals surface area (Å²) in [5, 5.41) is 12.3. The molecular formula is C48H45IN6O7S2. The number of fused-ring (bicyclic) bond motifs is 1. The van der Waals surface area contributed by atoms with E-state index in [-0.39, 0.29) is 54.3 Å². The fourth-order valence-electron chi connectivity index (χ4n) is 7.56. The molecule has 64 heavy (non-hydrogen) atoms. The minimum Gasteiger partial charge on any atom is -1.00 e. The van der Waals surface area contributed by atoms with E-state index in [0.29, 0.717) is 28.0 Å². The number of thioether (sulfide) groups is 1. The lowest BCUT2D eigenvalue weighted by atomic mass is 9.77. The number of halogens is 1. The predicted molar refractivity (Wildman–Crippen MR) is 241 cm³/mol. The van der Waals surface area contributed by atoms with Gasteiger partial charge in [0.25, 0.3) is 11.8 Å². The van der Waals surface area contributed by atoms with Gasteiger partial charge in [-0.05, 0) is 47.4 Å². The number of β-lactam (4-membered cyclic amide) rings is 1. The molecule has 0 radical (unpaired) electrons. The molecule has 0 spiro atoms. The van der Waals surface area contributed by atoms with Crippen molar-refractivity contribution < 1.29 is 62.0 Å². The van der Waals surface area contributed by atoms with Crippen molar-refractivity contribution in [2.75, 3.05) is 31.9 Å². The Kier molecular flexibility index (Phi) is 15.0. The molecule has 8 rings (SSSR count). The number of oxime groups is 1. The molecule has 0 aliphatic carbocycles. The Morgan fingerprint density at radius 1 is 0.859 bits per heavy atom. The number of pyridine rings is 1. The highest BCUT2D eigenvalue weighted by Gasteiger charge is 2.55. The number of benzene rings is 4. The van der Waals surface area contributed by atoms with Crippen LogP contribution in [0.15, 0.2) is 162 Å². The van der Waals surface area contributed by atoms with E-state index in [1.54, 1.807) is 36.8 Å². The average molecular weight is 1010 g/mol. The molecule has 13 nitrogen and oxygen atoms in total. The van der Waals surface area contributed by atoms with E-state index in [4.69, 9.17) is 24.0 Å². The summed E-state index contributed by atoms with van der Waals surface area (Å²) in [7, 11) is 2.92. The van der Waals surface area contributed by atoms with Crippen molar-refractivity contribution in [3.05, 3.63) is 184 Å². The Morgan fingerprint density at radius 3 is 2.09 bits per heavy atom. The van der Waals surface area contributed by atoms with Gasteiger partial charge in [-0.25, -0.2) is 14.3 Å². The molecule has 1 saturated heterocycles. The van der Waals surface area contributed by atoms with Crippen molar-refractivity contribution >= 4 is 51.7 Å². The molecule has 2 aliphatic heterocycles. The molecule has 0 saturated carbocycles. The molecule has 2 aliphatic rings. The number of aromatic nitrogens is 2. The van der Waals surface area contributed by atoms with Gasteiger partial charge in [0, 0.05) is 22.8 Å². The number of esters is 1. The molecule has 0 bridgehead atoms. The molecule has 2 amide bonds. The van der Waals surface area contributed by atoms with Gasteiger partial charge < -0.3 is 53.7 Å². The first-order valence-corrected chi connectivity index (χ1v) is 22.2. The lowest BCUT2D eigenvalue weighted by molar-refractivity contribution is -0.693. The zero-order chi connectivity index (χ0) is 43.8. The molecule has 2 N–H and O–H groups in total. The monoisotopic (exact) mass is 1010 g/mol. The van der Waals surface area contributed by atoms with Crippen LogP contribution in [-0.4, -0.2) is 71.4 Å². The molecule has 4 aromatic carbocycles. The van der Waals surface area contributed by atoms with Crippen molar-refractivity contribution in [3.8, 4) is 11.5 Å². The van der Waals surface area contributed by atoms with Gasteiger partial charge in [0.15, 0.2) is 22.8 Å². The summed E-state index contributed by atoms with van der Waals surface area (Å²) in [5.74, 6) is -0.185. The highest BCUT2D eigenvalue weighted by Crippen LogP contribution is 2.42. The van der Waals surface area contributed by atoms with Gasteiger partial charge in [-0.2, -0.15) is 0 Å². The number of nitrogens with zero attached hydrogens (tertiary/aromatic N) is 4. The topological polar surface area (TPSA) is 145 Å². The molecule has 1 fully saturated rings. The Morgan fingerprint density at radius 2 is 1.50 bits per heavy atom. The number of methoxy groups -OCH3 is 1. The highest BCUT2D eigenvalue weighted by atomic mass is 127. The summed E-state index contributed by atoms with van der Waals surface area (Å²) in [6.07, 6.45) is 3.80. The van der Waals surface area contributed by atoms with E-state index >= 15 is 0 Å². The third-order valence-corrected chi connectivity index (χ3v) is 12.8. The number of carbonyl (C=O) groups is 3. The standard InChI is InChI=1S/C48H44N6O7S2.HI/c1-4-53-26-14-21-38(27-53)60-29-33-30-62-45-41(44(56)54(45)42(33)46(57)61-28-32-22-24-37(58-2)25-23-32)50-43(55)40(52-59-3)39-31-63-47(49-39)51-48(34-15-8-5-9-16-34,35-17-10-6-11-18-35)36-19-12-7-13-20-36;/h5-27,31,41,45H,4,28-30H2,1-3H3,(H-,49,50,51,55);1H/b52-40-;/t41-,45-;/m1./s1. The second-order valence-electron chi connectivity index (χ2n) is 14.5. The Balaban J connectivity index is 0.00000612. The van der Waals surface area contributed by atoms with Crippen LogP contribution in [-0.2, 0) is 42.6 Å². The van der Waals surface area contributed by atoms with Gasteiger partial charge in [0.1, 0.15) is 61.0 Å². The maximum absolute atomic E-state index is 14.1. The maximum atomic E-state index is 14.1. The lowest BCUT2D eigenvalue weighted by Gasteiger charge is -2.49. The summed E-state index contributed by atoms with van der Waals surface area (Å²) in [5.41, 5.74) is 3.66. The lowest BCUT2D eigenvalue weighted by Crippen LogP contribution is -3.00. The molecule has 0 unspecified atom stereocenters. The van der Waals surface area contributed by atoms with Crippen LogP contribution >= 0.6 is 23.1 Å². The van der Waals surface area contributed by atoms with Crippen LogP contribution in [0.5, 0.6) is 11.5 Å². The normalized spacial score (nSPS) is 15.8. The van der Waals surface area contributed by atoms with Crippen molar-refractivity contribution in [2.24, 2.45) is 5.16 Å². The summed E-state index contributed by atoms with van der Waals surface area (Å²) in [4.78, 5) is 53.5. The second-order valence-corrected chi connectivity index (χ2v) is 16.5. The minimum absolute atomic E-state index is 0. The number of rotatable bonds is 17. The van der Waals surface area contributed by atoms with Crippen LogP contribution in [0, 0.1) is 0 Å². The summed E-state index contributed by atoms with van der Waals surface area (Å²) >= 11 is 2.72. The number of amides is 2. The van der Waals surface area contributed by atoms with Crippen LogP contribution < -0.4 is 48.7 Å². The fraction of sp³-hybridized carbons (Fsp3) is 0.208. The Labute approximate surface area is 396 Å². The third-order valence-electron chi connectivity index (χ3n) is 10.7. The average Bonchev–Trinajstić information content (AvgIpc) is 3.81. The largest absolute Gasteiger partial charge is 1.00 e. The first kappa shape index (κ1) is 45.8. The van der Waals surface area contributed by atoms with Crippen LogP contribution in [0.4, 0.5) is 5.13 Å². The number of ether oxygens (including phenoxy) is 3. The molecular weight excluding hydrogens is 964 g/mol. The molecule has 16 heteroatoms. The fourth-order valence-corrected chi connectivity index (χ4v) is 9.64. The van der Waals surface area contributed by atoms with E-state index in [1.165, 1.54) is 35.1 Å². The number of anilines is 1. The van der Waals surface area contributed by atoms with Gasteiger partial charge in [-0.1, -0.05) is 108 Å². The van der Waals surface area contributed by atoms with Gasteiger partial charge in [-0.15, -0.1) is 23.1 Å². The van der Waals surface area contributed by atoms with Crippen molar-refractivity contribution in [1.82, 2.24) is 15.2 Å². The maximum Gasteiger partial charge on any atom is 0.355 e. The smallest absolute Gasteiger partial charge is 0.355 e. The number of hydrogen-bond acceptors (Lipinski definition) is 12. The Bertz CT molecular complexity index is 2540. The molecule has 4 heterocycles. The SMILES string of the molecule is CC[n+]1cccc(OCC2=C(C(=O)OCc3ccc(OC)cc3)N3C(=O)[C@@H](NC(=O)/C(=N\OC)c4csc(NC(c5ccccc5)(c5ccccc5)c5ccccc5)n4)[C@H]3SC2)c1.[I-]. The van der Waals surface area contributed by atoms with E-state index < -0.39 is 34.7 Å². The zero-order valence-electron chi connectivity index (χ0n) is 35.2. The van der Waals surface area contributed by atoms with E-state index in [2.05, 4.69) is 52.2 Å². The van der Waals surface area contributed by atoms with E-state index in [0.717, 1.165) is 28.8 Å². The summed E-state index contributed by atoms with van der Waals surface area (Å²) < 4.78 is 19.2. The number of carbonyl (C=O) groups excluding carboxylic acids is 3. The van der Waals surface area contributed by atoms with Gasteiger partial charge >= 0.3 is 5.97 Å². The van der Waals surface area contributed by atoms with Gasteiger partial charge in [-0.3, -0.25) is 14.5 Å². The van der Waals surface area contributed by atoms with Crippen molar-refractivity contribution in [3.63, 3.8) is 0 Å². The van der Waals surface area contributed by atoms with Gasteiger partial charge in [0.2, 0.25) is 6.20 Å². The predicted octanol–water partition coefficient (Wildman–Crippen LogP) is 3.69. The third kappa shape index (κ3) is 9.63. The van der Waals surface area contributed by atoms with E-state index in [9.17, 15) is 14.4 Å². The zero-order valence-corrected chi connectivity index (χ0v) is 39.0. The van der Waals surface area contributed by atoms with Crippen molar-refractivity contribution in [2.45, 2.75) is 37.0 Å². The minimum atomic E-state index is -0.979.